The molecule has 1 saturated carbocycles. The van der Waals surface area contributed by atoms with Crippen LogP contribution in [0.1, 0.15) is 105 Å². The Morgan fingerprint density at radius 1 is 0.931 bits per heavy atom. The van der Waals surface area contributed by atoms with E-state index in [0.717, 1.165) is 45.1 Å². The van der Waals surface area contributed by atoms with Gasteiger partial charge in [-0.25, -0.2) is 4.79 Å². The van der Waals surface area contributed by atoms with E-state index in [4.69, 9.17) is 4.74 Å². The van der Waals surface area contributed by atoms with Gasteiger partial charge in [0.15, 0.2) is 0 Å². The van der Waals surface area contributed by atoms with Crippen molar-refractivity contribution >= 4 is 6.09 Å². The first kappa shape index (κ1) is 25.5. The van der Waals surface area contributed by atoms with Crippen LogP contribution in [0, 0.1) is 5.92 Å². The fourth-order valence-corrected chi connectivity index (χ4v) is 3.81. The Labute approximate surface area is 180 Å². The minimum atomic E-state index is -0.252. The maximum Gasteiger partial charge on any atom is 0.407 e. The number of ether oxygens (including phenoxy) is 1. The maximum atomic E-state index is 12.0. The SMILES string of the molecule is CC(C)=CCC/C(C)=C/CC/C(C)=C/CCC(C)OC(=O)NCC1CCCCC1. The van der Waals surface area contributed by atoms with E-state index in [1.165, 1.54) is 48.8 Å². The average Bonchev–Trinajstić information content (AvgIpc) is 2.67. The molecule has 1 unspecified atom stereocenters. The third-order valence-corrected chi connectivity index (χ3v) is 5.76. The maximum absolute atomic E-state index is 12.0. The van der Waals surface area contributed by atoms with Gasteiger partial charge in [0.1, 0.15) is 6.10 Å². The summed E-state index contributed by atoms with van der Waals surface area (Å²) in [6, 6.07) is 0. The van der Waals surface area contributed by atoms with Gasteiger partial charge in [0.2, 0.25) is 0 Å². The lowest BCUT2D eigenvalue weighted by Gasteiger charge is -2.22. The highest BCUT2D eigenvalue weighted by Gasteiger charge is 2.15. The molecule has 1 N–H and O–H groups in total. The first-order valence-corrected chi connectivity index (χ1v) is 11.8. The van der Waals surface area contributed by atoms with E-state index < -0.39 is 0 Å². The van der Waals surface area contributed by atoms with Gasteiger partial charge in [0.05, 0.1) is 0 Å². The van der Waals surface area contributed by atoms with Crippen molar-refractivity contribution in [1.29, 1.82) is 0 Å². The van der Waals surface area contributed by atoms with Crippen LogP contribution in [0.5, 0.6) is 0 Å². The summed E-state index contributed by atoms with van der Waals surface area (Å²) in [6.07, 6.45) is 19.5. The zero-order valence-electron chi connectivity index (χ0n) is 19.7. The Morgan fingerprint density at radius 2 is 1.52 bits per heavy atom. The standard InChI is InChI=1S/C26H45NO2/c1-21(2)12-9-13-22(3)14-10-15-23(4)16-11-17-24(5)29-26(28)27-20-25-18-7-6-8-19-25/h12,14,16,24-25H,6-11,13,15,17-20H2,1-5H3,(H,27,28)/b22-14+,23-16+. The molecule has 0 radical (unpaired) electrons. The van der Waals surface area contributed by atoms with Crippen LogP contribution >= 0.6 is 0 Å². The molecule has 1 fully saturated rings. The third-order valence-electron chi connectivity index (χ3n) is 5.76. The van der Waals surface area contributed by atoms with E-state index in [-0.39, 0.29) is 12.2 Å². The van der Waals surface area contributed by atoms with E-state index >= 15 is 0 Å². The second-order valence-corrected chi connectivity index (χ2v) is 9.14. The van der Waals surface area contributed by atoms with Crippen LogP contribution in [0.3, 0.4) is 0 Å². The Balaban J connectivity index is 2.14. The van der Waals surface area contributed by atoms with Gasteiger partial charge in [-0.1, -0.05) is 54.2 Å². The fourth-order valence-electron chi connectivity index (χ4n) is 3.81. The van der Waals surface area contributed by atoms with E-state index in [0.29, 0.717) is 5.92 Å². The summed E-state index contributed by atoms with van der Waals surface area (Å²) in [6.45, 7) is 11.5. The van der Waals surface area contributed by atoms with E-state index in [9.17, 15) is 4.79 Å². The molecule has 0 aromatic rings. The van der Waals surface area contributed by atoms with Crippen LogP contribution in [-0.2, 0) is 4.74 Å². The lowest BCUT2D eigenvalue weighted by Crippen LogP contribution is -2.32. The molecule has 1 rings (SSSR count). The number of amides is 1. The normalized spacial score (nSPS) is 17.0. The third kappa shape index (κ3) is 14.2. The number of carbonyl (C=O) groups excluding carboxylic acids is 1. The largest absolute Gasteiger partial charge is 0.447 e. The van der Waals surface area contributed by atoms with Crippen molar-refractivity contribution in [1.82, 2.24) is 5.32 Å². The summed E-state index contributed by atoms with van der Waals surface area (Å²) < 4.78 is 5.50. The molecular weight excluding hydrogens is 358 g/mol. The van der Waals surface area contributed by atoms with Gasteiger partial charge in [-0.15, -0.1) is 0 Å². The van der Waals surface area contributed by atoms with Crippen LogP contribution in [0.15, 0.2) is 34.9 Å². The number of carbonyl (C=O) groups is 1. The van der Waals surface area contributed by atoms with Gasteiger partial charge in [0.25, 0.3) is 0 Å². The highest BCUT2D eigenvalue weighted by atomic mass is 16.6. The van der Waals surface area contributed by atoms with Crippen molar-refractivity contribution in [3.8, 4) is 0 Å². The number of rotatable bonds is 12. The Bertz CT molecular complexity index is 549. The van der Waals surface area contributed by atoms with Gasteiger partial charge in [-0.3, -0.25) is 0 Å². The first-order valence-electron chi connectivity index (χ1n) is 11.8. The van der Waals surface area contributed by atoms with Gasteiger partial charge in [-0.2, -0.15) is 0 Å². The molecule has 1 aliphatic rings. The molecule has 3 heteroatoms. The number of alkyl carbamates (subject to hydrolysis) is 1. The molecule has 0 saturated heterocycles. The molecule has 0 aliphatic heterocycles. The quantitative estimate of drug-likeness (QED) is 0.336. The molecule has 29 heavy (non-hydrogen) atoms. The zero-order chi connectivity index (χ0) is 21.5. The van der Waals surface area contributed by atoms with Crippen molar-refractivity contribution in [2.75, 3.05) is 6.54 Å². The van der Waals surface area contributed by atoms with Crippen molar-refractivity contribution in [2.24, 2.45) is 5.92 Å². The van der Waals surface area contributed by atoms with E-state index in [1.807, 2.05) is 6.92 Å². The molecule has 0 spiro atoms. The van der Waals surface area contributed by atoms with Crippen molar-refractivity contribution in [2.45, 2.75) is 111 Å². The summed E-state index contributed by atoms with van der Waals surface area (Å²) in [5.74, 6) is 0.641. The minimum Gasteiger partial charge on any atom is -0.447 e. The smallest absolute Gasteiger partial charge is 0.407 e. The van der Waals surface area contributed by atoms with Crippen LogP contribution in [0.25, 0.3) is 0 Å². The van der Waals surface area contributed by atoms with Gasteiger partial charge >= 0.3 is 6.09 Å². The Morgan fingerprint density at radius 3 is 2.14 bits per heavy atom. The summed E-state index contributed by atoms with van der Waals surface area (Å²) >= 11 is 0. The second kappa shape index (κ2) is 15.3. The summed E-state index contributed by atoms with van der Waals surface area (Å²) in [7, 11) is 0. The van der Waals surface area contributed by atoms with E-state index in [1.54, 1.807) is 0 Å². The van der Waals surface area contributed by atoms with Crippen molar-refractivity contribution in [3.63, 3.8) is 0 Å². The number of hydrogen-bond donors (Lipinski definition) is 1. The monoisotopic (exact) mass is 403 g/mol. The van der Waals surface area contributed by atoms with Gasteiger partial charge in [0, 0.05) is 6.54 Å². The highest BCUT2D eigenvalue weighted by Crippen LogP contribution is 2.22. The highest BCUT2D eigenvalue weighted by molar-refractivity contribution is 5.67. The Hall–Kier alpha value is -1.51. The fraction of sp³-hybridized carbons (Fsp3) is 0.731. The molecule has 3 nitrogen and oxygen atoms in total. The molecule has 0 heterocycles. The minimum absolute atomic E-state index is 0.0392. The van der Waals surface area contributed by atoms with Gasteiger partial charge in [-0.05, 0) is 91.9 Å². The zero-order valence-corrected chi connectivity index (χ0v) is 19.7. The summed E-state index contributed by atoms with van der Waals surface area (Å²) in [4.78, 5) is 12.0. The first-order chi connectivity index (χ1) is 13.9. The topological polar surface area (TPSA) is 38.3 Å². The lowest BCUT2D eigenvalue weighted by atomic mass is 9.89. The molecule has 0 aromatic carbocycles. The molecule has 166 valence electrons. The van der Waals surface area contributed by atoms with Crippen LogP contribution in [0.4, 0.5) is 4.79 Å². The van der Waals surface area contributed by atoms with Crippen molar-refractivity contribution < 1.29 is 9.53 Å². The molecule has 0 aromatic heterocycles. The van der Waals surface area contributed by atoms with E-state index in [2.05, 4.69) is 51.2 Å². The van der Waals surface area contributed by atoms with Crippen LogP contribution in [-0.4, -0.2) is 18.7 Å². The summed E-state index contributed by atoms with van der Waals surface area (Å²) in [5.41, 5.74) is 4.31. The molecule has 0 bridgehead atoms. The lowest BCUT2D eigenvalue weighted by molar-refractivity contribution is 0.101. The molecule has 1 aliphatic carbocycles. The van der Waals surface area contributed by atoms with Crippen LogP contribution in [0.2, 0.25) is 0 Å². The van der Waals surface area contributed by atoms with Crippen molar-refractivity contribution in [3.05, 3.63) is 34.9 Å². The molecule has 1 atom stereocenters. The molecular formula is C26H45NO2. The average molecular weight is 404 g/mol. The number of nitrogens with one attached hydrogen (secondary N) is 1. The predicted octanol–water partition coefficient (Wildman–Crippen LogP) is 7.88. The summed E-state index contributed by atoms with van der Waals surface area (Å²) in [5, 5.41) is 2.95. The van der Waals surface area contributed by atoms with Gasteiger partial charge < -0.3 is 10.1 Å². The van der Waals surface area contributed by atoms with Crippen LogP contribution < -0.4 is 5.32 Å². The molecule has 1 amide bonds. The predicted molar refractivity (Wildman–Crippen MR) is 125 cm³/mol. The second-order valence-electron chi connectivity index (χ2n) is 9.14. The Kier molecular flexibility index (Phi) is 13.5. The number of hydrogen-bond acceptors (Lipinski definition) is 2. The number of allylic oxidation sites excluding steroid dienone is 6.